The Hall–Kier alpha value is -3.91. The molecule has 178 valence electrons. The normalized spacial score (nSPS) is 12.9. The van der Waals surface area contributed by atoms with Crippen molar-refractivity contribution in [1.29, 1.82) is 0 Å². The van der Waals surface area contributed by atoms with Gasteiger partial charge in [0.1, 0.15) is 0 Å². The summed E-state index contributed by atoms with van der Waals surface area (Å²) in [6.07, 6.45) is 1.62. The second-order valence-corrected chi connectivity index (χ2v) is 9.77. The second kappa shape index (κ2) is 9.39. The summed E-state index contributed by atoms with van der Waals surface area (Å²) in [5, 5.41) is 16.6. The highest BCUT2D eigenvalue weighted by Crippen LogP contribution is 2.20. The van der Waals surface area contributed by atoms with Crippen molar-refractivity contribution in [3.8, 4) is 0 Å². The quantitative estimate of drug-likeness (QED) is 0.456. The molecule has 35 heavy (non-hydrogen) atoms. The summed E-state index contributed by atoms with van der Waals surface area (Å²) in [5.74, 6) is -0.708. The molecule has 3 aromatic rings. The van der Waals surface area contributed by atoms with Gasteiger partial charge >= 0.3 is 7.05 Å². The number of para-hydroxylation sites is 1. The number of nitrogens with zero attached hydrogens (tertiary/aromatic N) is 3. The van der Waals surface area contributed by atoms with Gasteiger partial charge < -0.3 is 5.02 Å². The maximum absolute atomic E-state index is 13.4. The summed E-state index contributed by atoms with van der Waals surface area (Å²) in [6, 6.07) is 20.0. The first-order valence-corrected chi connectivity index (χ1v) is 11.5. The molecule has 2 amide bonds. The molecule has 4 rings (SSSR count). The van der Waals surface area contributed by atoms with E-state index < -0.39 is 18.5 Å². The van der Waals surface area contributed by atoms with Crippen LogP contribution in [-0.2, 0) is 0 Å². The maximum Gasteiger partial charge on any atom is 0.471 e. The van der Waals surface area contributed by atoms with E-state index in [1.54, 1.807) is 24.4 Å². The average Bonchev–Trinajstić information content (AvgIpc) is 2.81. The molecule has 0 unspecified atom stereocenters. The Bertz CT molecular complexity index is 1280. The number of amides is 2. The number of nitrogens with one attached hydrogen (secondary N) is 1. The fourth-order valence-corrected chi connectivity index (χ4v) is 4.09. The summed E-state index contributed by atoms with van der Waals surface area (Å²) in [4.78, 5) is 28.1. The fourth-order valence-electron chi connectivity index (χ4n) is 4.09. The molecular weight excluding hydrogens is 439 g/mol. The van der Waals surface area contributed by atoms with Crippen LogP contribution in [0.2, 0.25) is 0 Å². The smallest absolute Gasteiger partial charge is 0.427 e. The average molecular weight is 468 g/mol. The SMILES string of the molecule is Cc1cc(C)cc(C(=O)N(NC(=O)c2ccc3c(c2)C=NN(c2ccccc2)B3O)C(C)(C)C)c1. The van der Waals surface area contributed by atoms with Crippen LogP contribution < -0.4 is 15.8 Å². The van der Waals surface area contributed by atoms with Crippen LogP contribution in [0.4, 0.5) is 5.69 Å². The lowest BCUT2D eigenvalue weighted by Gasteiger charge is -2.35. The van der Waals surface area contributed by atoms with Crippen LogP contribution in [0.3, 0.4) is 0 Å². The zero-order chi connectivity index (χ0) is 25.3. The molecular formula is C27H29BN4O3. The van der Waals surface area contributed by atoms with E-state index in [0.717, 1.165) is 16.8 Å². The van der Waals surface area contributed by atoms with E-state index in [9.17, 15) is 14.6 Å². The van der Waals surface area contributed by atoms with Crippen LogP contribution in [0.1, 0.15) is 58.2 Å². The third kappa shape index (κ3) is 5.12. The van der Waals surface area contributed by atoms with E-state index in [4.69, 9.17) is 0 Å². The van der Waals surface area contributed by atoms with Crippen LogP contribution in [0.15, 0.2) is 71.8 Å². The molecule has 2 N–H and O–H groups in total. The van der Waals surface area contributed by atoms with Crippen molar-refractivity contribution in [3.63, 3.8) is 0 Å². The van der Waals surface area contributed by atoms with Gasteiger partial charge in [-0.15, -0.1) is 0 Å². The Balaban J connectivity index is 1.58. The van der Waals surface area contributed by atoms with Crippen molar-refractivity contribution in [2.24, 2.45) is 5.10 Å². The Kier molecular flexibility index (Phi) is 6.50. The Morgan fingerprint density at radius 3 is 2.23 bits per heavy atom. The number of carbonyl (C=O) groups is 2. The van der Waals surface area contributed by atoms with Gasteiger partial charge in [-0.05, 0) is 82.0 Å². The minimum atomic E-state index is -0.980. The minimum Gasteiger partial charge on any atom is -0.427 e. The van der Waals surface area contributed by atoms with Crippen molar-refractivity contribution < 1.29 is 14.6 Å². The van der Waals surface area contributed by atoms with E-state index >= 15 is 0 Å². The number of hydrazine groups is 1. The third-order valence-corrected chi connectivity index (χ3v) is 5.76. The van der Waals surface area contributed by atoms with Gasteiger partial charge in [0.25, 0.3) is 11.8 Å². The first-order valence-electron chi connectivity index (χ1n) is 11.5. The van der Waals surface area contributed by atoms with Crippen LogP contribution in [0.5, 0.6) is 0 Å². The van der Waals surface area contributed by atoms with Gasteiger partial charge in [0, 0.05) is 16.8 Å². The lowest BCUT2D eigenvalue weighted by atomic mass is 9.69. The van der Waals surface area contributed by atoms with Crippen LogP contribution >= 0.6 is 0 Å². The number of carbonyl (C=O) groups excluding carboxylic acids is 2. The molecule has 0 radical (unpaired) electrons. The first kappa shape index (κ1) is 24.2. The minimum absolute atomic E-state index is 0.286. The number of hydrogen-bond acceptors (Lipinski definition) is 5. The van der Waals surface area contributed by atoms with Gasteiger partial charge in [-0.3, -0.25) is 19.9 Å². The van der Waals surface area contributed by atoms with E-state index in [2.05, 4.69) is 10.5 Å². The van der Waals surface area contributed by atoms with Crippen LogP contribution in [0, 0.1) is 13.8 Å². The Morgan fingerprint density at radius 2 is 1.60 bits per heavy atom. The predicted molar refractivity (Wildman–Crippen MR) is 140 cm³/mol. The molecule has 3 aromatic carbocycles. The zero-order valence-corrected chi connectivity index (χ0v) is 20.6. The molecule has 1 aliphatic heterocycles. The summed E-state index contributed by atoms with van der Waals surface area (Å²) in [7, 11) is -0.980. The fraction of sp³-hybridized carbons (Fsp3) is 0.222. The van der Waals surface area contributed by atoms with Gasteiger partial charge in [-0.25, -0.2) is 5.01 Å². The van der Waals surface area contributed by atoms with Crippen molar-refractivity contribution >= 4 is 36.2 Å². The molecule has 0 saturated heterocycles. The van der Waals surface area contributed by atoms with Crippen molar-refractivity contribution in [3.05, 3.63) is 94.5 Å². The van der Waals surface area contributed by atoms with E-state index in [1.807, 2.05) is 83.1 Å². The number of hydrogen-bond donors (Lipinski definition) is 2. The lowest BCUT2D eigenvalue weighted by Crippen LogP contribution is -2.56. The van der Waals surface area contributed by atoms with Crippen molar-refractivity contribution in [1.82, 2.24) is 10.4 Å². The number of fused-ring (bicyclic) bond motifs is 1. The van der Waals surface area contributed by atoms with Gasteiger partial charge in [-0.1, -0.05) is 41.5 Å². The van der Waals surface area contributed by atoms with Crippen LogP contribution in [-0.4, -0.2) is 40.7 Å². The number of aryl methyl sites for hydroxylation is 2. The first-order chi connectivity index (χ1) is 16.5. The molecule has 0 spiro atoms. The van der Waals surface area contributed by atoms with Crippen molar-refractivity contribution in [2.45, 2.75) is 40.2 Å². The highest BCUT2D eigenvalue weighted by molar-refractivity contribution is 6.71. The standard InChI is InChI=1S/C27H29BN4O3/c1-18-13-19(2)15-21(14-18)26(34)31(27(3,4)5)30-25(33)20-11-12-24-22(16-20)17-29-32(28(24)35)23-9-7-6-8-10-23/h6-17,35H,1-5H3,(H,30,33). The van der Waals surface area contributed by atoms with E-state index in [-0.39, 0.29) is 5.91 Å². The van der Waals surface area contributed by atoms with Crippen LogP contribution in [0.25, 0.3) is 0 Å². The number of rotatable bonds is 3. The highest BCUT2D eigenvalue weighted by Gasteiger charge is 2.32. The van der Waals surface area contributed by atoms with E-state index in [1.165, 1.54) is 9.93 Å². The monoisotopic (exact) mass is 468 g/mol. The van der Waals surface area contributed by atoms with Gasteiger partial charge in [0.15, 0.2) is 0 Å². The Labute approximate surface area is 206 Å². The second-order valence-electron chi connectivity index (χ2n) is 9.77. The molecule has 0 aliphatic carbocycles. The number of hydrazone groups is 1. The topological polar surface area (TPSA) is 85.2 Å². The molecule has 0 bridgehead atoms. The molecule has 0 fully saturated rings. The molecule has 7 nitrogen and oxygen atoms in total. The van der Waals surface area contributed by atoms with Gasteiger partial charge in [-0.2, -0.15) is 5.10 Å². The van der Waals surface area contributed by atoms with Gasteiger partial charge in [0.2, 0.25) is 0 Å². The maximum atomic E-state index is 13.4. The molecule has 0 saturated carbocycles. The highest BCUT2D eigenvalue weighted by atomic mass is 16.2. The zero-order valence-electron chi connectivity index (χ0n) is 20.6. The summed E-state index contributed by atoms with van der Waals surface area (Å²) >= 11 is 0. The molecule has 0 atom stereocenters. The Morgan fingerprint density at radius 1 is 0.943 bits per heavy atom. The van der Waals surface area contributed by atoms with Gasteiger partial charge in [0.05, 0.1) is 11.8 Å². The predicted octanol–water partition coefficient (Wildman–Crippen LogP) is 3.43. The lowest BCUT2D eigenvalue weighted by molar-refractivity contribution is 0.0358. The van der Waals surface area contributed by atoms with E-state index in [0.29, 0.717) is 22.2 Å². The summed E-state index contributed by atoms with van der Waals surface area (Å²) < 4.78 is 0. The molecule has 8 heteroatoms. The third-order valence-electron chi connectivity index (χ3n) is 5.76. The molecule has 0 aromatic heterocycles. The summed E-state index contributed by atoms with van der Waals surface area (Å²) in [5.41, 5.74) is 6.99. The largest absolute Gasteiger partial charge is 0.471 e. The number of anilines is 1. The molecule has 1 aliphatic rings. The number of benzene rings is 3. The molecule has 1 heterocycles. The van der Waals surface area contributed by atoms with Crippen molar-refractivity contribution in [2.75, 3.05) is 4.92 Å². The summed E-state index contributed by atoms with van der Waals surface area (Å²) in [6.45, 7) is 9.46.